The summed E-state index contributed by atoms with van der Waals surface area (Å²) in [4.78, 5) is 4.74. The summed E-state index contributed by atoms with van der Waals surface area (Å²) in [6.45, 7) is 7.50. The number of rotatable bonds is 6. The molecule has 7 heteroatoms. The molecule has 2 heterocycles. The van der Waals surface area contributed by atoms with E-state index in [1.54, 1.807) is 19.2 Å². The maximum Gasteiger partial charge on any atom is 0.247 e. The van der Waals surface area contributed by atoms with E-state index >= 15 is 0 Å². The van der Waals surface area contributed by atoms with Crippen LogP contribution in [0, 0.1) is 5.82 Å². The average Bonchev–Trinajstić information content (AvgIpc) is 3.03. The highest BCUT2D eigenvalue weighted by molar-refractivity contribution is 5.51. The first-order chi connectivity index (χ1) is 11.7. The number of ether oxygens (including phenoxy) is 1. The van der Waals surface area contributed by atoms with Gasteiger partial charge < -0.3 is 9.15 Å². The lowest BCUT2D eigenvalue weighted by Crippen LogP contribution is -2.52. The van der Waals surface area contributed by atoms with Gasteiger partial charge in [-0.15, -0.1) is 10.2 Å². The molecule has 1 aromatic carbocycles. The second-order valence-corrected chi connectivity index (χ2v) is 6.12. The standard InChI is InChI=1S/C17H23FN4O2/c1-13-11-21(7-8-22(13)9-10-23-2)12-16-19-20-17(24-16)14-3-5-15(18)6-4-14/h3-6,13H,7-12H2,1-2H3. The van der Waals surface area contributed by atoms with Crippen LogP contribution < -0.4 is 0 Å². The average molecular weight is 334 g/mol. The Balaban J connectivity index is 1.56. The van der Waals surface area contributed by atoms with E-state index in [2.05, 4.69) is 26.9 Å². The Morgan fingerprint density at radius 1 is 1.25 bits per heavy atom. The summed E-state index contributed by atoms with van der Waals surface area (Å²) in [6, 6.07) is 6.53. The van der Waals surface area contributed by atoms with Crippen molar-refractivity contribution in [2.75, 3.05) is 39.9 Å². The largest absolute Gasteiger partial charge is 0.419 e. The second kappa shape index (κ2) is 7.83. The van der Waals surface area contributed by atoms with Crippen molar-refractivity contribution in [2.45, 2.75) is 19.5 Å². The lowest BCUT2D eigenvalue weighted by atomic mass is 10.2. The molecule has 0 saturated carbocycles. The number of aromatic nitrogens is 2. The van der Waals surface area contributed by atoms with Crippen molar-refractivity contribution in [2.24, 2.45) is 0 Å². The molecular formula is C17H23FN4O2. The summed E-state index contributed by atoms with van der Waals surface area (Å²) < 4.78 is 23.9. The molecule has 0 aliphatic carbocycles. The maximum atomic E-state index is 13.0. The van der Waals surface area contributed by atoms with Crippen LogP contribution in [0.5, 0.6) is 0 Å². The van der Waals surface area contributed by atoms with Gasteiger partial charge in [0.1, 0.15) is 5.82 Å². The monoisotopic (exact) mass is 334 g/mol. The molecular weight excluding hydrogens is 311 g/mol. The predicted octanol–water partition coefficient (Wildman–Crippen LogP) is 2.03. The fraction of sp³-hybridized carbons (Fsp3) is 0.529. The molecule has 1 aliphatic rings. The summed E-state index contributed by atoms with van der Waals surface area (Å²) in [6.07, 6.45) is 0. The van der Waals surface area contributed by atoms with E-state index in [0.29, 0.717) is 24.4 Å². The molecule has 3 rings (SSSR count). The van der Waals surface area contributed by atoms with Crippen LogP contribution in [0.4, 0.5) is 4.39 Å². The number of methoxy groups -OCH3 is 1. The van der Waals surface area contributed by atoms with E-state index in [4.69, 9.17) is 9.15 Å². The Morgan fingerprint density at radius 3 is 2.75 bits per heavy atom. The molecule has 1 fully saturated rings. The van der Waals surface area contributed by atoms with Gasteiger partial charge in [-0.2, -0.15) is 0 Å². The highest BCUT2D eigenvalue weighted by Gasteiger charge is 2.24. The number of piperazine rings is 1. The lowest BCUT2D eigenvalue weighted by molar-refractivity contribution is 0.0522. The molecule has 0 amide bonds. The van der Waals surface area contributed by atoms with Crippen LogP contribution in [-0.4, -0.2) is 65.9 Å². The molecule has 0 N–H and O–H groups in total. The van der Waals surface area contributed by atoms with E-state index in [-0.39, 0.29) is 5.82 Å². The zero-order chi connectivity index (χ0) is 16.9. The van der Waals surface area contributed by atoms with Crippen LogP contribution in [0.25, 0.3) is 11.5 Å². The van der Waals surface area contributed by atoms with Crippen molar-refractivity contribution in [3.8, 4) is 11.5 Å². The molecule has 2 aromatic rings. The Bertz CT molecular complexity index is 646. The minimum atomic E-state index is -0.279. The van der Waals surface area contributed by atoms with Crippen LogP contribution >= 0.6 is 0 Å². The van der Waals surface area contributed by atoms with E-state index in [9.17, 15) is 4.39 Å². The summed E-state index contributed by atoms with van der Waals surface area (Å²) >= 11 is 0. The smallest absolute Gasteiger partial charge is 0.247 e. The van der Waals surface area contributed by atoms with Gasteiger partial charge in [-0.3, -0.25) is 9.80 Å². The topological polar surface area (TPSA) is 54.6 Å². The molecule has 0 spiro atoms. The third-order valence-corrected chi connectivity index (χ3v) is 4.35. The Kier molecular flexibility index (Phi) is 5.55. The van der Waals surface area contributed by atoms with E-state index in [1.165, 1.54) is 12.1 Å². The quantitative estimate of drug-likeness (QED) is 0.806. The van der Waals surface area contributed by atoms with Gasteiger partial charge in [-0.05, 0) is 31.2 Å². The van der Waals surface area contributed by atoms with Gasteiger partial charge in [0.25, 0.3) is 0 Å². The molecule has 1 atom stereocenters. The van der Waals surface area contributed by atoms with Crippen molar-refractivity contribution in [1.29, 1.82) is 0 Å². The highest BCUT2D eigenvalue weighted by Crippen LogP contribution is 2.19. The lowest BCUT2D eigenvalue weighted by Gasteiger charge is -2.39. The Hall–Kier alpha value is -1.83. The molecule has 1 aliphatic heterocycles. The first-order valence-corrected chi connectivity index (χ1v) is 8.19. The molecule has 1 saturated heterocycles. The summed E-state index contributed by atoms with van der Waals surface area (Å²) in [5, 5.41) is 8.18. The molecule has 0 radical (unpaired) electrons. The molecule has 6 nitrogen and oxygen atoms in total. The van der Waals surface area contributed by atoms with Crippen LogP contribution in [-0.2, 0) is 11.3 Å². The Labute approximate surface area is 141 Å². The third-order valence-electron chi connectivity index (χ3n) is 4.35. The first kappa shape index (κ1) is 17.0. The summed E-state index contributed by atoms with van der Waals surface area (Å²) in [5.41, 5.74) is 0.730. The van der Waals surface area contributed by atoms with Crippen LogP contribution in [0.15, 0.2) is 28.7 Å². The fourth-order valence-corrected chi connectivity index (χ4v) is 2.97. The SMILES string of the molecule is COCCN1CCN(Cc2nnc(-c3ccc(F)cc3)o2)CC1C. The second-order valence-electron chi connectivity index (χ2n) is 6.12. The van der Waals surface area contributed by atoms with Gasteiger partial charge in [0.15, 0.2) is 0 Å². The van der Waals surface area contributed by atoms with Crippen molar-refractivity contribution < 1.29 is 13.5 Å². The van der Waals surface area contributed by atoms with E-state index in [0.717, 1.165) is 38.3 Å². The molecule has 130 valence electrons. The van der Waals surface area contributed by atoms with Gasteiger partial charge in [0.05, 0.1) is 13.2 Å². The molecule has 0 bridgehead atoms. The number of hydrogen-bond donors (Lipinski definition) is 0. The van der Waals surface area contributed by atoms with Gasteiger partial charge in [0, 0.05) is 44.9 Å². The molecule has 24 heavy (non-hydrogen) atoms. The van der Waals surface area contributed by atoms with Gasteiger partial charge in [0.2, 0.25) is 11.8 Å². The maximum absolute atomic E-state index is 13.0. The normalized spacial score (nSPS) is 19.7. The highest BCUT2D eigenvalue weighted by atomic mass is 19.1. The fourth-order valence-electron chi connectivity index (χ4n) is 2.97. The third kappa shape index (κ3) is 4.17. The number of benzene rings is 1. The van der Waals surface area contributed by atoms with Crippen LogP contribution in [0.1, 0.15) is 12.8 Å². The van der Waals surface area contributed by atoms with Crippen molar-refractivity contribution in [1.82, 2.24) is 20.0 Å². The predicted molar refractivity (Wildman–Crippen MR) is 87.9 cm³/mol. The van der Waals surface area contributed by atoms with Crippen molar-refractivity contribution in [3.63, 3.8) is 0 Å². The zero-order valence-electron chi connectivity index (χ0n) is 14.1. The molecule has 1 aromatic heterocycles. The van der Waals surface area contributed by atoms with Gasteiger partial charge in [-0.25, -0.2) is 4.39 Å². The van der Waals surface area contributed by atoms with Crippen molar-refractivity contribution >= 4 is 0 Å². The van der Waals surface area contributed by atoms with Gasteiger partial charge >= 0.3 is 0 Å². The first-order valence-electron chi connectivity index (χ1n) is 8.19. The summed E-state index contributed by atoms with van der Waals surface area (Å²) in [7, 11) is 1.73. The van der Waals surface area contributed by atoms with Gasteiger partial charge in [-0.1, -0.05) is 0 Å². The van der Waals surface area contributed by atoms with E-state index < -0.39 is 0 Å². The summed E-state index contributed by atoms with van der Waals surface area (Å²) in [5.74, 6) is 0.738. The van der Waals surface area contributed by atoms with Crippen molar-refractivity contribution in [3.05, 3.63) is 36.0 Å². The minimum absolute atomic E-state index is 0.279. The number of nitrogens with zero attached hydrogens (tertiary/aromatic N) is 4. The zero-order valence-corrected chi connectivity index (χ0v) is 14.1. The number of hydrogen-bond acceptors (Lipinski definition) is 6. The van der Waals surface area contributed by atoms with E-state index in [1.807, 2.05) is 0 Å². The van der Waals surface area contributed by atoms with Crippen LogP contribution in [0.3, 0.4) is 0 Å². The Morgan fingerprint density at radius 2 is 2.04 bits per heavy atom. The number of halogens is 1. The minimum Gasteiger partial charge on any atom is -0.419 e. The molecule has 1 unspecified atom stereocenters. The van der Waals surface area contributed by atoms with Crippen LogP contribution in [0.2, 0.25) is 0 Å².